The van der Waals surface area contributed by atoms with Gasteiger partial charge in [-0.2, -0.15) is 13.2 Å². The third-order valence-electron chi connectivity index (χ3n) is 8.64. The molecule has 10 heteroatoms. The van der Waals surface area contributed by atoms with E-state index in [1.165, 1.54) is 11.0 Å². The zero-order chi connectivity index (χ0) is 29.2. The molecule has 0 saturated carbocycles. The van der Waals surface area contributed by atoms with Crippen molar-refractivity contribution in [3.8, 4) is 0 Å². The van der Waals surface area contributed by atoms with Gasteiger partial charge >= 0.3 is 6.18 Å². The van der Waals surface area contributed by atoms with Crippen molar-refractivity contribution in [1.82, 2.24) is 9.88 Å². The van der Waals surface area contributed by atoms with Crippen molar-refractivity contribution in [2.45, 2.75) is 57.2 Å². The number of benzene rings is 2. The molecule has 2 atom stereocenters. The number of nitrogens with one attached hydrogen (secondary N) is 2. The molecule has 2 N–H and O–H groups in total. The van der Waals surface area contributed by atoms with Gasteiger partial charge in [-0.3, -0.25) is 14.4 Å². The summed E-state index contributed by atoms with van der Waals surface area (Å²) in [6.45, 7) is 3.27. The molecule has 2 unspecified atom stereocenters. The van der Waals surface area contributed by atoms with E-state index in [9.17, 15) is 27.6 Å². The first-order chi connectivity index (χ1) is 19.4. The number of pyridine rings is 1. The number of likely N-dealkylation sites (tertiary alicyclic amines) is 1. The molecule has 1 saturated heterocycles. The highest BCUT2D eigenvalue weighted by Crippen LogP contribution is 2.47. The Morgan fingerprint density at radius 2 is 1.85 bits per heavy atom. The van der Waals surface area contributed by atoms with Crippen LogP contribution in [0.4, 0.5) is 24.7 Å². The highest BCUT2D eigenvalue weighted by molar-refractivity contribution is 6.06. The van der Waals surface area contributed by atoms with Crippen molar-refractivity contribution in [2.24, 2.45) is 5.41 Å². The molecule has 41 heavy (non-hydrogen) atoms. The van der Waals surface area contributed by atoms with Crippen molar-refractivity contribution in [3.05, 3.63) is 88.6 Å². The van der Waals surface area contributed by atoms with Crippen LogP contribution in [0.25, 0.3) is 0 Å². The molecular weight excluding hydrogens is 533 g/mol. The molecule has 1 aromatic heterocycles. The quantitative estimate of drug-likeness (QED) is 0.445. The topological polar surface area (TPSA) is 91.4 Å². The second-order valence-electron chi connectivity index (χ2n) is 11.8. The predicted molar refractivity (Wildman–Crippen MR) is 146 cm³/mol. The summed E-state index contributed by atoms with van der Waals surface area (Å²) in [4.78, 5) is 45.3. The molecule has 1 fully saturated rings. The molecule has 212 valence electrons. The first-order valence-electron chi connectivity index (χ1n) is 13.5. The molecule has 1 spiro atoms. The number of alkyl halides is 3. The Morgan fingerprint density at radius 3 is 2.63 bits per heavy atom. The summed E-state index contributed by atoms with van der Waals surface area (Å²) in [5.41, 5.74) is 1.41. The van der Waals surface area contributed by atoms with E-state index in [0.717, 1.165) is 28.8 Å². The summed E-state index contributed by atoms with van der Waals surface area (Å²) in [5.74, 6) is -0.256. The maximum Gasteiger partial charge on any atom is 0.416 e. The lowest BCUT2D eigenvalue weighted by molar-refractivity contribution is -0.150. The molecule has 1 aliphatic carbocycles. The lowest BCUT2D eigenvalue weighted by Crippen LogP contribution is -2.50. The van der Waals surface area contributed by atoms with Crippen LogP contribution in [-0.4, -0.2) is 34.2 Å². The van der Waals surface area contributed by atoms with E-state index in [2.05, 4.69) is 15.6 Å². The van der Waals surface area contributed by atoms with Gasteiger partial charge in [0, 0.05) is 22.9 Å². The Kier molecular flexibility index (Phi) is 6.20. The molecule has 0 bridgehead atoms. The molecule has 6 rings (SSSR count). The lowest BCUT2D eigenvalue weighted by atomic mass is 9.78. The third kappa shape index (κ3) is 4.65. The van der Waals surface area contributed by atoms with Gasteiger partial charge in [0.25, 0.3) is 0 Å². The summed E-state index contributed by atoms with van der Waals surface area (Å²) in [6.07, 6.45) is -0.958. The highest BCUT2D eigenvalue weighted by Gasteiger charge is 2.51. The van der Waals surface area contributed by atoms with Crippen molar-refractivity contribution >= 4 is 29.2 Å². The third-order valence-corrected chi connectivity index (χ3v) is 8.64. The van der Waals surface area contributed by atoms with Gasteiger partial charge in [0.15, 0.2) is 0 Å². The fourth-order valence-corrected chi connectivity index (χ4v) is 6.44. The number of hydrogen-bond acceptors (Lipinski definition) is 4. The number of hydrogen-bond donors (Lipinski definition) is 2. The molecule has 3 aromatic rings. The van der Waals surface area contributed by atoms with Crippen molar-refractivity contribution in [1.29, 1.82) is 0 Å². The van der Waals surface area contributed by atoms with E-state index in [1.807, 2.05) is 24.3 Å². The van der Waals surface area contributed by atoms with E-state index >= 15 is 0 Å². The fraction of sp³-hybridized carbons (Fsp3) is 0.355. The number of rotatable bonds is 4. The van der Waals surface area contributed by atoms with E-state index < -0.39 is 34.5 Å². The van der Waals surface area contributed by atoms with Crippen LogP contribution in [0, 0.1) is 5.41 Å². The maximum atomic E-state index is 13.4. The minimum absolute atomic E-state index is 0.0974. The minimum atomic E-state index is -4.51. The zero-order valence-corrected chi connectivity index (χ0v) is 22.6. The van der Waals surface area contributed by atoms with Gasteiger partial charge in [-0.05, 0) is 72.7 Å². The monoisotopic (exact) mass is 562 g/mol. The number of piperidine rings is 1. The van der Waals surface area contributed by atoms with Gasteiger partial charge in [0.2, 0.25) is 17.7 Å². The Labute approximate surface area is 235 Å². The van der Waals surface area contributed by atoms with Crippen LogP contribution >= 0.6 is 0 Å². The van der Waals surface area contributed by atoms with E-state index in [4.69, 9.17) is 0 Å². The number of carbonyl (C=O) groups excluding carboxylic acids is 3. The Balaban J connectivity index is 1.21. The highest BCUT2D eigenvalue weighted by atomic mass is 19.4. The number of nitrogens with zero attached hydrogens (tertiary/aromatic N) is 2. The van der Waals surface area contributed by atoms with E-state index in [0.29, 0.717) is 42.8 Å². The van der Waals surface area contributed by atoms with Crippen LogP contribution in [-0.2, 0) is 38.8 Å². The summed E-state index contributed by atoms with van der Waals surface area (Å²) in [6, 6.07) is 13.5. The Morgan fingerprint density at radius 1 is 1.07 bits per heavy atom. The van der Waals surface area contributed by atoms with Crippen molar-refractivity contribution in [2.75, 3.05) is 17.2 Å². The molecule has 2 aromatic carbocycles. The van der Waals surface area contributed by atoms with Crippen molar-refractivity contribution in [3.63, 3.8) is 0 Å². The average molecular weight is 563 g/mol. The molecule has 3 amide bonds. The summed E-state index contributed by atoms with van der Waals surface area (Å²) in [7, 11) is 0. The lowest BCUT2D eigenvalue weighted by Gasteiger charge is -2.43. The second kappa shape index (κ2) is 9.43. The summed E-state index contributed by atoms with van der Waals surface area (Å²) < 4.78 is 40.2. The van der Waals surface area contributed by atoms with Crippen LogP contribution < -0.4 is 10.6 Å². The predicted octanol–water partition coefficient (Wildman–Crippen LogP) is 5.42. The maximum absolute atomic E-state index is 13.4. The number of anilines is 2. The normalized spacial score (nSPS) is 22.9. The van der Waals surface area contributed by atoms with E-state index in [1.54, 1.807) is 32.2 Å². The summed E-state index contributed by atoms with van der Waals surface area (Å²) in [5, 5.41) is 5.74. The first kappa shape index (κ1) is 27.0. The molecular formula is C31H29F3N4O3. The molecule has 7 nitrogen and oxygen atoms in total. The Hall–Kier alpha value is -4.21. The van der Waals surface area contributed by atoms with E-state index in [-0.39, 0.29) is 18.4 Å². The number of amides is 3. The van der Waals surface area contributed by atoms with Gasteiger partial charge in [-0.1, -0.05) is 38.1 Å². The molecule has 0 radical (unpaired) electrons. The van der Waals surface area contributed by atoms with Crippen LogP contribution in [0.1, 0.15) is 60.5 Å². The fourth-order valence-electron chi connectivity index (χ4n) is 6.44. The average Bonchev–Trinajstić information content (AvgIpc) is 3.43. The summed E-state index contributed by atoms with van der Waals surface area (Å²) >= 11 is 0. The van der Waals surface area contributed by atoms with Gasteiger partial charge in [0.05, 0.1) is 17.0 Å². The smallest absolute Gasteiger partial charge is 0.326 e. The van der Waals surface area contributed by atoms with Gasteiger partial charge in [-0.15, -0.1) is 0 Å². The van der Waals surface area contributed by atoms with Crippen LogP contribution in [0.5, 0.6) is 0 Å². The van der Waals surface area contributed by atoms with Crippen LogP contribution in [0.15, 0.2) is 60.8 Å². The number of aromatic nitrogens is 1. The molecule has 2 aliphatic heterocycles. The number of halogens is 3. The number of fused-ring (bicyclic) bond motifs is 3. The Bertz CT molecular complexity index is 1580. The van der Waals surface area contributed by atoms with Crippen LogP contribution in [0.2, 0.25) is 0 Å². The van der Waals surface area contributed by atoms with Gasteiger partial charge < -0.3 is 15.5 Å². The number of carbonyl (C=O) groups is 3. The van der Waals surface area contributed by atoms with Gasteiger partial charge in [0.1, 0.15) is 12.4 Å². The molecule has 3 heterocycles. The SMILES string of the molecule is CC1(C)CCC(c2cccc(C(F)(F)F)c2)N(CC(=O)Nc2ccc3c(c2)CC2(C3)C(=O)Nc3ncccc32)C1=O. The second-order valence-corrected chi connectivity index (χ2v) is 11.8. The van der Waals surface area contributed by atoms with Crippen LogP contribution in [0.3, 0.4) is 0 Å². The minimum Gasteiger partial charge on any atom is -0.326 e. The van der Waals surface area contributed by atoms with Gasteiger partial charge in [-0.25, -0.2) is 4.98 Å². The first-order valence-corrected chi connectivity index (χ1v) is 13.5. The molecule has 3 aliphatic rings. The standard InChI is InChI=1S/C31H29F3N4O3/c1-29(2)11-10-24(18-5-3-6-21(13-18)31(32,33)34)38(28(29)41)17-25(39)36-22-9-8-19-15-30(16-20(19)14-22)23-7-4-12-35-26(23)37-27(30)40/h3-9,12-14,24H,10-11,15-17H2,1-2H3,(H,36,39)(H,35,37,40). The largest absolute Gasteiger partial charge is 0.416 e. The van der Waals surface area contributed by atoms with Crippen molar-refractivity contribution < 1.29 is 27.6 Å². The zero-order valence-electron chi connectivity index (χ0n) is 22.6.